The number of rotatable bonds is 4. The van der Waals surface area contributed by atoms with Crippen LogP contribution in [0.1, 0.15) is 12.8 Å². The third kappa shape index (κ3) is 2.85. The standard InChI is InChI=1S/C12H20N4O/c1-15(2)12-13-5-4-11(14-12)16(3)8-9-6-10(17)7-9/h4-5,9-10,17H,6-8H2,1-3H3. The lowest BCUT2D eigenvalue weighted by atomic mass is 9.82. The molecule has 1 aromatic heterocycles. The van der Waals surface area contributed by atoms with E-state index in [-0.39, 0.29) is 6.10 Å². The second kappa shape index (κ2) is 4.87. The zero-order chi connectivity index (χ0) is 12.4. The Morgan fingerprint density at radius 2 is 2.06 bits per heavy atom. The van der Waals surface area contributed by atoms with E-state index in [1.807, 2.05) is 32.1 Å². The van der Waals surface area contributed by atoms with Gasteiger partial charge in [0.15, 0.2) is 0 Å². The number of hydrogen-bond donors (Lipinski definition) is 1. The van der Waals surface area contributed by atoms with Crippen LogP contribution in [0.15, 0.2) is 12.3 Å². The van der Waals surface area contributed by atoms with Gasteiger partial charge < -0.3 is 14.9 Å². The fraction of sp³-hybridized carbons (Fsp3) is 0.667. The van der Waals surface area contributed by atoms with Crippen LogP contribution in [0.2, 0.25) is 0 Å². The maximum absolute atomic E-state index is 9.27. The number of aliphatic hydroxyl groups excluding tert-OH is 1. The monoisotopic (exact) mass is 236 g/mol. The highest BCUT2D eigenvalue weighted by Gasteiger charge is 2.28. The molecule has 0 unspecified atom stereocenters. The van der Waals surface area contributed by atoms with Gasteiger partial charge in [-0.05, 0) is 24.8 Å². The molecule has 1 aliphatic carbocycles. The number of hydrogen-bond acceptors (Lipinski definition) is 5. The Morgan fingerprint density at radius 1 is 1.35 bits per heavy atom. The molecule has 0 saturated heterocycles. The summed E-state index contributed by atoms with van der Waals surface area (Å²) in [4.78, 5) is 12.7. The van der Waals surface area contributed by atoms with E-state index >= 15 is 0 Å². The quantitative estimate of drug-likeness (QED) is 0.836. The zero-order valence-electron chi connectivity index (χ0n) is 10.7. The highest BCUT2D eigenvalue weighted by atomic mass is 16.3. The van der Waals surface area contributed by atoms with E-state index in [0.717, 1.165) is 31.2 Å². The van der Waals surface area contributed by atoms with Gasteiger partial charge in [0.05, 0.1) is 6.10 Å². The molecule has 17 heavy (non-hydrogen) atoms. The van der Waals surface area contributed by atoms with Crippen molar-refractivity contribution in [3.05, 3.63) is 12.3 Å². The van der Waals surface area contributed by atoms with Crippen LogP contribution in [-0.2, 0) is 0 Å². The molecule has 1 saturated carbocycles. The molecular formula is C12H20N4O. The molecule has 2 rings (SSSR count). The maximum atomic E-state index is 9.27. The fourth-order valence-electron chi connectivity index (χ4n) is 2.10. The van der Waals surface area contributed by atoms with Gasteiger partial charge in [-0.3, -0.25) is 0 Å². The first-order valence-corrected chi connectivity index (χ1v) is 5.96. The van der Waals surface area contributed by atoms with Crippen molar-refractivity contribution >= 4 is 11.8 Å². The molecular weight excluding hydrogens is 216 g/mol. The van der Waals surface area contributed by atoms with Crippen molar-refractivity contribution in [2.24, 2.45) is 5.92 Å². The molecule has 5 heteroatoms. The second-order valence-electron chi connectivity index (χ2n) is 4.98. The minimum absolute atomic E-state index is 0.0869. The molecule has 1 N–H and O–H groups in total. The van der Waals surface area contributed by atoms with Gasteiger partial charge in [-0.2, -0.15) is 4.98 Å². The first-order chi connectivity index (χ1) is 8.06. The zero-order valence-corrected chi connectivity index (χ0v) is 10.7. The summed E-state index contributed by atoms with van der Waals surface area (Å²) in [7, 11) is 5.90. The number of aliphatic hydroxyl groups is 1. The van der Waals surface area contributed by atoms with E-state index in [1.165, 1.54) is 0 Å². The van der Waals surface area contributed by atoms with Crippen LogP contribution in [-0.4, -0.2) is 48.9 Å². The van der Waals surface area contributed by atoms with Gasteiger partial charge in [0.2, 0.25) is 5.95 Å². The van der Waals surface area contributed by atoms with Crippen LogP contribution < -0.4 is 9.80 Å². The Bertz CT molecular complexity index is 377. The first kappa shape index (κ1) is 12.1. The van der Waals surface area contributed by atoms with Gasteiger partial charge in [-0.25, -0.2) is 4.98 Å². The average molecular weight is 236 g/mol. The SMILES string of the molecule is CN(C)c1nccc(N(C)CC2CC(O)C2)n1. The lowest BCUT2D eigenvalue weighted by molar-refractivity contribution is 0.0464. The molecule has 0 aromatic carbocycles. The highest BCUT2D eigenvalue weighted by Crippen LogP contribution is 2.28. The van der Waals surface area contributed by atoms with Crippen molar-refractivity contribution in [2.75, 3.05) is 37.5 Å². The Labute approximate surface area is 102 Å². The van der Waals surface area contributed by atoms with Gasteiger partial charge in [0, 0.05) is 33.9 Å². The van der Waals surface area contributed by atoms with Gasteiger partial charge in [0.1, 0.15) is 5.82 Å². The number of anilines is 2. The summed E-state index contributed by atoms with van der Waals surface area (Å²) in [6, 6.07) is 1.92. The van der Waals surface area contributed by atoms with E-state index < -0.39 is 0 Å². The van der Waals surface area contributed by atoms with Crippen LogP contribution in [0.3, 0.4) is 0 Å². The normalized spacial score (nSPS) is 23.1. The van der Waals surface area contributed by atoms with Crippen LogP contribution in [0, 0.1) is 5.92 Å². The van der Waals surface area contributed by atoms with Gasteiger partial charge in [-0.15, -0.1) is 0 Å². The third-order valence-electron chi connectivity index (χ3n) is 3.16. The molecule has 1 heterocycles. The van der Waals surface area contributed by atoms with Crippen molar-refractivity contribution in [3.63, 3.8) is 0 Å². The van der Waals surface area contributed by atoms with Crippen molar-refractivity contribution < 1.29 is 5.11 Å². The van der Waals surface area contributed by atoms with Gasteiger partial charge >= 0.3 is 0 Å². The number of nitrogens with zero attached hydrogens (tertiary/aromatic N) is 4. The molecule has 0 spiro atoms. The summed E-state index contributed by atoms with van der Waals surface area (Å²) >= 11 is 0. The molecule has 1 aliphatic rings. The molecule has 1 aromatic rings. The average Bonchev–Trinajstić information content (AvgIpc) is 2.27. The summed E-state index contributed by atoms with van der Waals surface area (Å²) in [5, 5.41) is 9.27. The fourth-order valence-corrected chi connectivity index (χ4v) is 2.10. The van der Waals surface area contributed by atoms with Crippen molar-refractivity contribution in [1.82, 2.24) is 9.97 Å². The minimum Gasteiger partial charge on any atom is -0.393 e. The molecule has 0 atom stereocenters. The topological polar surface area (TPSA) is 52.5 Å². The third-order valence-corrected chi connectivity index (χ3v) is 3.16. The summed E-state index contributed by atoms with van der Waals surface area (Å²) in [5.74, 6) is 2.25. The second-order valence-corrected chi connectivity index (χ2v) is 4.98. The van der Waals surface area contributed by atoms with Crippen LogP contribution in [0.4, 0.5) is 11.8 Å². The van der Waals surface area contributed by atoms with Crippen molar-refractivity contribution in [2.45, 2.75) is 18.9 Å². The maximum Gasteiger partial charge on any atom is 0.226 e. The van der Waals surface area contributed by atoms with Crippen molar-refractivity contribution in [3.8, 4) is 0 Å². The molecule has 0 bridgehead atoms. The highest BCUT2D eigenvalue weighted by molar-refractivity contribution is 5.42. The minimum atomic E-state index is -0.0869. The molecule has 0 radical (unpaired) electrons. The van der Waals surface area contributed by atoms with E-state index in [4.69, 9.17) is 0 Å². The lowest BCUT2D eigenvalue weighted by Crippen LogP contribution is -2.37. The Hall–Kier alpha value is -1.36. The largest absolute Gasteiger partial charge is 0.393 e. The van der Waals surface area contributed by atoms with Crippen LogP contribution in [0.25, 0.3) is 0 Å². The van der Waals surface area contributed by atoms with Gasteiger partial charge in [0.25, 0.3) is 0 Å². The molecule has 0 aliphatic heterocycles. The Morgan fingerprint density at radius 3 is 2.65 bits per heavy atom. The summed E-state index contributed by atoms with van der Waals surface area (Å²) in [5.41, 5.74) is 0. The van der Waals surface area contributed by atoms with E-state index in [2.05, 4.69) is 14.9 Å². The number of aromatic nitrogens is 2. The summed E-state index contributed by atoms with van der Waals surface area (Å²) < 4.78 is 0. The molecule has 1 fully saturated rings. The lowest BCUT2D eigenvalue weighted by Gasteiger charge is -2.34. The predicted molar refractivity (Wildman–Crippen MR) is 68.4 cm³/mol. The van der Waals surface area contributed by atoms with E-state index in [0.29, 0.717) is 5.92 Å². The molecule has 5 nitrogen and oxygen atoms in total. The first-order valence-electron chi connectivity index (χ1n) is 5.96. The molecule has 94 valence electrons. The Kier molecular flexibility index (Phi) is 3.47. The van der Waals surface area contributed by atoms with Crippen LogP contribution in [0.5, 0.6) is 0 Å². The predicted octanol–water partition coefficient (Wildman–Crippen LogP) is 0.750. The van der Waals surface area contributed by atoms with Crippen molar-refractivity contribution in [1.29, 1.82) is 0 Å². The summed E-state index contributed by atoms with van der Waals surface area (Å²) in [6.07, 6.45) is 3.52. The van der Waals surface area contributed by atoms with Gasteiger partial charge in [-0.1, -0.05) is 0 Å². The summed E-state index contributed by atoms with van der Waals surface area (Å²) in [6.45, 7) is 0.945. The molecule has 0 amide bonds. The Balaban J connectivity index is 1.98. The smallest absolute Gasteiger partial charge is 0.226 e. The van der Waals surface area contributed by atoms with Crippen LogP contribution >= 0.6 is 0 Å². The van der Waals surface area contributed by atoms with E-state index in [1.54, 1.807) is 6.20 Å². The van der Waals surface area contributed by atoms with E-state index in [9.17, 15) is 5.11 Å².